The zero-order chi connectivity index (χ0) is 4.00. The van der Waals surface area contributed by atoms with Crippen LogP contribution in [0.5, 0.6) is 0 Å². The third-order valence-electron chi connectivity index (χ3n) is 0. The number of hydrogen-bond acceptors (Lipinski definition) is 2. The Hall–Kier alpha value is 1.01. The van der Waals surface area contributed by atoms with E-state index in [2.05, 4.69) is 0 Å². The summed E-state index contributed by atoms with van der Waals surface area (Å²) in [5.41, 5.74) is 0. The predicted molar refractivity (Wildman–Crippen MR) is 17.1 cm³/mol. The topological polar surface area (TPSA) is 34.1 Å². The molecule has 0 fully saturated rings. The van der Waals surface area contributed by atoms with Gasteiger partial charge in [0, 0.05) is 0 Å². The molecule has 0 bridgehead atoms. The van der Waals surface area contributed by atoms with Crippen molar-refractivity contribution in [1.29, 1.82) is 0 Å². The van der Waals surface area contributed by atoms with Crippen LogP contribution in [-0.2, 0) is 6.63 Å². The Balaban J connectivity index is 0. The molecular formula is H3GeInO2. The molecule has 0 atom stereocenters. The van der Waals surface area contributed by atoms with Crippen LogP contribution in [0.4, 0.5) is 0 Å². The van der Waals surface area contributed by atoms with Crippen molar-refractivity contribution < 1.29 is 6.63 Å². The summed E-state index contributed by atoms with van der Waals surface area (Å²) in [6.45, 7) is 0. The van der Waals surface area contributed by atoms with Crippen molar-refractivity contribution in [2.24, 2.45) is 0 Å². The van der Waals surface area contributed by atoms with E-state index in [9.17, 15) is 0 Å². The molecule has 0 aliphatic heterocycles. The van der Waals surface area contributed by atoms with Crippen LogP contribution in [0.25, 0.3) is 0 Å². The Labute approximate surface area is 47.4 Å². The summed E-state index contributed by atoms with van der Waals surface area (Å²) in [6, 6.07) is 0. The molecule has 4 heteroatoms. The van der Waals surface area contributed by atoms with Crippen LogP contribution in [0.3, 0.4) is 0 Å². The summed E-state index contributed by atoms with van der Waals surface area (Å²) >= 11 is 0.0250. The van der Waals surface area contributed by atoms with Gasteiger partial charge in [0.05, 0.1) is 0 Å². The van der Waals surface area contributed by atoms with Gasteiger partial charge in [-0.3, -0.25) is 0 Å². The molecule has 4 heavy (non-hydrogen) atoms. The predicted octanol–water partition coefficient (Wildman–Crippen LogP) is -1.80. The van der Waals surface area contributed by atoms with Gasteiger partial charge in [-0.1, -0.05) is 0 Å². The van der Waals surface area contributed by atoms with Gasteiger partial charge in [-0.15, -0.1) is 0 Å². The third-order valence-corrected chi connectivity index (χ3v) is 0. The fourth-order valence-corrected chi connectivity index (χ4v) is 0. The van der Waals surface area contributed by atoms with Crippen molar-refractivity contribution in [3.63, 3.8) is 0 Å². The van der Waals surface area contributed by atoms with Crippen molar-refractivity contribution in [1.82, 2.24) is 0 Å². The van der Waals surface area contributed by atoms with Crippen molar-refractivity contribution in [2.75, 3.05) is 0 Å². The molecule has 0 unspecified atom stereocenters. The monoisotopic (exact) mass is 224 g/mol. The van der Waals surface area contributed by atoms with Gasteiger partial charge in [0.1, 0.15) is 0 Å². The van der Waals surface area contributed by atoms with E-state index < -0.39 is 0 Å². The van der Waals surface area contributed by atoms with Gasteiger partial charge in [0.15, 0.2) is 0 Å². The first-order valence-electron chi connectivity index (χ1n) is 0.577. The molecular weight excluding hydrogens is 219 g/mol. The first-order chi connectivity index (χ1) is 2.00. The van der Waals surface area contributed by atoms with Crippen LogP contribution in [-0.4, -0.2) is 40.8 Å². The molecule has 2 nitrogen and oxygen atoms in total. The van der Waals surface area contributed by atoms with Crippen molar-refractivity contribution in [3.05, 3.63) is 0 Å². The molecule has 0 aromatic heterocycles. The molecule has 0 spiro atoms. The number of rotatable bonds is 0. The normalized spacial score (nSPS) is 1.75. The summed E-state index contributed by atoms with van der Waals surface area (Å²) in [4.78, 5) is 0. The second kappa shape index (κ2) is 35.5. The van der Waals surface area contributed by atoms with Crippen LogP contribution in [0.1, 0.15) is 0 Å². The molecule has 0 rings (SSSR count). The van der Waals surface area contributed by atoms with E-state index in [1.54, 1.807) is 0 Å². The van der Waals surface area contributed by atoms with E-state index in [1.165, 1.54) is 0 Å². The molecule has 0 radical (unpaired) electrons. The van der Waals surface area contributed by atoms with Gasteiger partial charge in [0.25, 0.3) is 0 Å². The van der Waals surface area contributed by atoms with Crippen molar-refractivity contribution in [2.45, 2.75) is 0 Å². The minimum absolute atomic E-state index is 0.1000. The van der Waals surface area contributed by atoms with E-state index in [0.717, 1.165) is 0 Å². The standard InChI is InChI=1S/GeH2O.In.O.H/c1-2;;;/h1H2;;;. The van der Waals surface area contributed by atoms with E-state index in [-0.39, 0.29) is 40.8 Å². The molecule has 22 valence electrons. The summed E-state index contributed by atoms with van der Waals surface area (Å²) in [5, 5.41) is 0. The maximum atomic E-state index is 8.42. The average molecular weight is 222 g/mol. The van der Waals surface area contributed by atoms with E-state index >= 15 is 0 Å². The van der Waals surface area contributed by atoms with Crippen molar-refractivity contribution >= 4 is 40.8 Å². The molecule has 0 aromatic rings. The Morgan fingerprint density at radius 3 is 1.25 bits per heavy atom. The van der Waals surface area contributed by atoms with E-state index in [4.69, 9.17) is 6.63 Å². The summed E-state index contributed by atoms with van der Waals surface area (Å²) < 4.78 is 16.8. The first kappa shape index (κ1) is 8.89. The minimum atomic E-state index is -0.1000. The molecule has 0 saturated heterocycles. The van der Waals surface area contributed by atoms with Crippen LogP contribution in [0, 0.1) is 0 Å². The molecule has 0 heterocycles. The van der Waals surface area contributed by atoms with Gasteiger partial charge in [0.2, 0.25) is 0 Å². The quantitative estimate of drug-likeness (QED) is 0.453. The molecule has 0 aromatic carbocycles. The van der Waals surface area contributed by atoms with Crippen LogP contribution < -0.4 is 0 Å². The molecule has 0 amide bonds. The zero-order valence-electron chi connectivity index (χ0n) is 2.23. The number of hydrogen-bond donors (Lipinski definition) is 0. The fraction of sp³-hybridized carbons (Fsp3) is 0. The SMILES string of the molecule is [O]=[GeH2].[O]=[InH]. The van der Waals surface area contributed by atoms with Gasteiger partial charge in [-0.2, -0.15) is 0 Å². The Bertz CT molecular complexity index is 8.00. The Morgan fingerprint density at radius 1 is 1.25 bits per heavy atom. The van der Waals surface area contributed by atoms with Gasteiger partial charge in [-0.05, 0) is 0 Å². The van der Waals surface area contributed by atoms with Crippen LogP contribution >= 0.6 is 0 Å². The first-order valence-corrected chi connectivity index (χ1v) is 3.44. The molecule has 0 N–H and O–H groups in total. The average Bonchev–Trinajstić information content (AvgIpc) is 1.50. The van der Waals surface area contributed by atoms with E-state index in [0.29, 0.717) is 0 Å². The van der Waals surface area contributed by atoms with Gasteiger partial charge in [-0.25, -0.2) is 0 Å². The molecule has 0 aliphatic rings. The summed E-state index contributed by atoms with van der Waals surface area (Å²) in [7, 11) is 0. The second-order valence-electron chi connectivity index (χ2n) is 0. The van der Waals surface area contributed by atoms with E-state index in [1.807, 2.05) is 0 Å². The van der Waals surface area contributed by atoms with Crippen molar-refractivity contribution in [3.8, 4) is 0 Å². The van der Waals surface area contributed by atoms with Crippen LogP contribution in [0.2, 0.25) is 0 Å². The van der Waals surface area contributed by atoms with Gasteiger partial charge >= 0.3 is 47.5 Å². The summed E-state index contributed by atoms with van der Waals surface area (Å²) in [6.07, 6.45) is 0. The Morgan fingerprint density at radius 2 is 1.25 bits per heavy atom. The molecule has 0 aliphatic carbocycles. The molecule has 0 saturated carbocycles. The zero-order valence-corrected chi connectivity index (χ0v) is 9.23. The van der Waals surface area contributed by atoms with Gasteiger partial charge < -0.3 is 0 Å². The Kier molecular flexibility index (Phi) is 78.9. The maximum absolute atomic E-state index is 8.42. The summed E-state index contributed by atoms with van der Waals surface area (Å²) in [5.74, 6) is 0. The fourth-order valence-electron chi connectivity index (χ4n) is 0. The van der Waals surface area contributed by atoms with Crippen LogP contribution in [0.15, 0.2) is 0 Å². The third kappa shape index (κ3) is 11.9. The second-order valence-corrected chi connectivity index (χ2v) is 0.